The molecule has 0 atom stereocenters. The summed E-state index contributed by atoms with van der Waals surface area (Å²) in [5, 5.41) is 35.6. The monoisotopic (exact) mass is 764 g/mol. The van der Waals surface area contributed by atoms with Gasteiger partial charge in [-0.05, 0) is 138 Å². The van der Waals surface area contributed by atoms with Crippen LogP contribution in [0.15, 0.2) is 150 Å². The Bertz CT molecular complexity index is 2230. The Hall–Kier alpha value is -5.80. The smallest absolute Gasteiger partial charge is 0.142 e. The van der Waals surface area contributed by atoms with Crippen molar-refractivity contribution in [3.05, 3.63) is 159 Å². The molecule has 0 radical (unpaired) electrons. The van der Waals surface area contributed by atoms with E-state index in [1.165, 1.54) is 32.7 Å². The highest BCUT2D eigenvalue weighted by Crippen LogP contribution is 2.36. The topological polar surface area (TPSA) is 98.9 Å². The molecule has 1 heterocycles. The highest BCUT2D eigenvalue weighted by atomic mass is 32.1. The van der Waals surface area contributed by atoms with Crippen molar-refractivity contribution in [2.24, 2.45) is 40.9 Å². The largest absolute Gasteiger partial charge is 0.183 e. The fourth-order valence-corrected chi connectivity index (χ4v) is 6.09. The minimum Gasteiger partial charge on any atom is -0.183 e. The Labute approximate surface area is 338 Å². The molecular formula is C47H56N8S. The highest BCUT2D eigenvalue weighted by Gasteiger charge is 2.11. The summed E-state index contributed by atoms with van der Waals surface area (Å²) in [5.41, 5.74) is 14.6. The number of hydrogen-bond donors (Lipinski definition) is 0. The fraction of sp³-hybridized carbons (Fsp3) is 0.277. The summed E-state index contributed by atoms with van der Waals surface area (Å²) >= 11 is 1.64. The van der Waals surface area contributed by atoms with Crippen molar-refractivity contribution in [3.8, 4) is 0 Å². The van der Waals surface area contributed by atoms with Gasteiger partial charge in [0.05, 0.1) is 40.7 Å². The van der Waals surface area contributed by atoms with E-state index in [1.54, 1.807) is 11.3 Å². The molecule has 6 rings (SSSR count). The molecule has 9 heteroatoms. The Kier molecular flexibility index (Phi) is 18.5. The van der Waals surface area contributed by atoms with E-state index in [2.05, 4.69) is 101 Å². The van der Waals surface area contributed by atoms with Crippen molar-refractivity contribution in [2.45, 2.75) is 89.6 Å². The number of aryl methyl sites for hydroxylation is 6. The fourth-order valence-electron chi connectivity index (χ4n) is 5.04. The van der Waals surface area contributed by atoms with Crippen LogP contribution >= 0.6 is 11.3 Å². The molecule has 290 valence electrons. The summed E-state index contributed by atoms with van der Waals surface area (Å²) < 4.78 is 0. The van der Waals surface area contributed by atoms with Gasteiger partial charge in [-0.25, -0.2) is 0 Å². The Morgan fingerprint density at radius 1 is 0.375 bits per heavy atom. The minimum atomic E-state index is 0.560. The molecule has 0 bridgehead atoms. The van der Waals surface area contributed by atoms with Gasteiger partial charge in [-0.2, -0.15) is 30.7 Å². The second-order valence-corrected chi connectivity index (χ2v) is 13.9. The third kappa shape index (κ3) is 14.1. The van der Waals surface area contributed by atoms with E-state index in [-0.39, 0.29) is 0 Å². The maximum atomic E-state index is 4.45. The molecule has 0 unspecified atom stereocenters. The van der Waals surface area contributed by atoms with Gasteiger partial charge in [0, 0.05) is 4.88 Å². The van der Waals surface area contributed by atoms with E-state index in [0.717, 1.165) is 55.8 Å². The van der Waals surface area contributed by atoms with Gasteiger partial charge in [0.1, 0.15) is 5.00 Å². The molecule has 6 aromatic rings. The number of azo groups is 4. The van der Waals surface area contributed by atoms with Crippen LogP contribution in [0.3, 0.4) is 0 Å². The summed E-state index contributed by atoms with van der Waals surface area (Å²) in [6, 6.07) is 35.8. The lowest BCUT2D eigenvalue weighted by Crippen LogP contribution is -1.81. The van der Waals surface area contributed by atoms with E-state index in [9.17, 15) is 0 Å². The zero-order valence-corrected chi connectivity index (χ0v) is 35.9. The third-order valence-corrected chi connectivity index (χ3v) is 9.61. The van der Waals surface area contributed by atoms with Crippen molar-refractivity contribution in [3.63, 3.8) is 0 Å². The summed E-state index contributed by atoms with van der Waals surface area (Å²) in [6.45, 7) is 25.1. The maximum Gasteiger partial charge on any atom is 0.142 e. The van der Waals surface area contributed by atoms with Crippen LogP contribution in [-0.4, -0.2) is 0 Å². The molecule has 0 N–H and O–H groups in total. The number of nitrogens with zero attached hydrogens (tertiary/aromatic N) is 8. The summed E-state index contributed by atoms with van der Waals surface area (Å²) in [7, 11) is 0. The number of hydrogen-bond acceptors (Lipinski definition) is 9. The molecule has 5 aromatic carbocycles. The van der Waals surface area contributed by atoms with Crippen LogP contribution in [0.25, 0.3) is 0 Å². The van der Waals surface area contributed by atoms with Crippen LogP contribution in [-0.2, 0) is 6.54 Å². The van der Waals surface area contributed by atoms with Gasteiger partial charge in [0.25, 0.3) is 0 Å². The van der Waals surface area contributed by atoms with Crippen LogP contribution in [0.5, 0.6) is 0 Å². The average molecular weight is 765 g/mol. The van der Waals surface area contributed by atoms with Gasteiger partial charge in [-0.1, -0.05) is 98.5 Å². The predicted molar refractivity (Wildman–Crippen MR) is 238 cm³/mol. The second-order valence-electron chi connectivity index (χ2n) is 12.8. The van der Waals surface area contributed by atoms with E-state index in [0.29, 0.717) is 6.54 Å². The van der Waals surface area contributed by atoms with E-state index in [4.69, 9.17) is 0 Å². The van der Waals surface area contributed by atoms with Gasteiger partial charge < -0.3 is 0 Å². The van der Waals surface area contributed by atoms with E-state index >= 15 is 0 Å². The average Bonchev–Trinajstić information content (AvgIpc) is 3.48. The Morgan fingerprint density at radius 3 is 1.16 bits per heavy atom. The maximum absolute atomic E-state index is 4.45. The number of benzene rings is 5. The lowest BCUT2D eigenvalue weighted by atomic mass is 10.1. The van der Waals surface area contributed by atoms with Crippen LogP contribution in [0, 0.1) is 55.4 Å². The predicted octanol–water partition coefficient (Wildman–Crippen LogP) is 17.5. The zero-order valence-electron chi connectivity index (χ0n) is 35.1. The standard InChI is InChI=1S/C22H24N4S.C21H20N4.2C2H6/c1-14-6-9-19(10-7-14)24-26-22-18(5)17(4)21(27-22)13-23-25-20-11-8-15(2)12-16(20)3;1-15-4-7-18(8-5-15)22-23-19-9-11-20(12-10-19)24-25-21-13-6-16(2)14-17(21)3;2*1-2/h6-12H,13H2,1-5H3;4-14H,1-3H3;2*1-2H3. The normalized spacial score (nSPS) is 11.0. The first-order valence-corrected chi connectivity index (χ1v) is 19.9. The molecule has 56 heavy (non-hydrogen) atoms. The first-order chi connectivity index (χ1) is 27.0. The highest BCUT2D eigenvalue weighted by molar-refractivity contribution is 7.16. The molecule has 1 aromatic heterocycles. The summed E-state index contributed by atoms with van der Waals surface area (Å²) in [6.07, 6.45) is 0. The van der Waals surface area contributed by atoms with Crippen molar-refractivity contribution in [2.75, 3.05) is 0 Å². The first-order valence-electron chi connectivity index (χ1n) is 19.1. The van der Waals surface area contributed by atoms with E-state index in [1.807, 2.05) is 133 Å². The van der Waals surface area contributed by atoms with Crippen LogP contribution in [0.1, 0.15) is 77.1 Å². The van der Waals surface area contributed by atoms with Crippen molar-refractivity contribution < 1.29 is 0 Å². The van der Waals surface area contributed by atoms with Gasteiger partial charge in [0.2, 0.25) is 0 Å². The van der Waals surface area contributed by atoms with Crippen molar-refractivity contribution >= 4 is 50.5 Å². The number of thiophene rings is 1. The zero-order chi connectivity index (χ0) is 41.0. The molecule has 0 aliphatic carbocycles. The molecule has 0 amide bonds. The lowest BCUT2D eigenvalue weighted by molar-refractivity contribution is 0.965. The van der Waals surface area contributed by atoms with Crippen LogP contribution in [0.4, 0.5) is 39.1 Å². The van der Waals surface area contributed by atoms with Crippen LogP contribution < -0.4 is 0 Å². The first kappa shape index (κ1) is 44.6. The van der Waals surface area contributed by atoms with Crippen LogP contribution in [0.2, 0.25) is 0 Å². The van der Waals surface area contributed by atoms with Crippen molar-refractivity contribution in [1.82, 2.24) is 0 Å². The molecule has 0 aliphatic heterocycles. The third-order valence-electron chi connectivity index (χ3n) is 8.35. The quantitative estimate of drug-likeness (QED) is 0.131. The lowest BCUT2D eigenvalue weighted by Gasteiger charge is -2.00. The molecule has 0 spiro atoms. The molecule has 0 saturated heterocycles. The van der Waals surface area contributed by atoms with Gasteiger partial charge >= 0.3 is 0 Å². The summed E-state index contributed by atoms with van der Waals surface area (Å²) in [5.74, 6) is 0. The van der Waals surface area contributed by atoms with E-state index < -0.39 is 0 Å². The van der Waals surface area contributed by atoms with Gasteiger partial charge in [-0.15, -0.1) is 21.6 Å². The molecule has 0 aliphatic rings. The molecule has 0 saturated carbocycles. The molecule has 8 nitrogen and oxygen atoms in total. The molecular weight excluding hydrogens is 709 g/mol. The van der Waals surface area contributed by atoms with Crippen molar-refractivity contribution in [1.29, 1.82) is 0 Å². The Morgan fingerprint density at radius 2 is 0.732 bits per heavy atom. The van der Waals surface area contributed by atoms with Gasteiger partial charge in [0.15, 0.2) is 0 Å². The second kappa shape index (κ2) is 23.2. The SMILES string of the molecule is CC.CC.Cc1ccc(N=Nc2ccc(N=Nc3ccc(C)cc3C)cc2)cc1.Cc1ccc(N=Nc2sc(CN=Nc3ccc(C)cc3C)c(C)c2C)cc1. The summed E-state index contributed by atoms with van der Waals surface area (Å²) in [4.78, 5) is 1.18. The van der Waals surface area contributed by atoms with Gasteiger partial charge in [-0.3, -0.25) is 0 Å². The Balaban J connectivity index is 0.000000277. The minimum absolute atomic E-state index is 0.560. The number of rotatable bonds is 9. The molecule has 0 fully saturated rings.